The van der Waals surface area contributed by atoms with Gasteiger partial charge in [0.15, 0.2) is 0 Å². The molecule has 244 valence electrons. The predicted octanol–water partition coefficient (Wildman–Crippen LogP) is 4.73. The number of alkyl carbamates (subject to hydrolysis) is 1. The van der Waals surface area contributed by atoms with Crippen LogP contribution in [0.15, 0.2) is 60.8 Å². The molecule has 4 saturated carbocycles. The van der Waals surface area contributed by atoms with Gasteiger partial charge < -0.3 is 30.8 Å². The molecule has 1 heterocycles. The Balaban J connectivity index is 1.20. The van der Waals surface area contributed by atoms with E-state index in [9.17, 15) is 19.2 Å². The van der Waals surface area contributed by atoms with Crippen LogP contribution in [-0.4, -0.2) is 58.2 Å². The van der Waals surface area contributed by atoms with Crippen molar-refractivity contribution >= 4 is 34.8 Å². The fourth-order valence-electron chi connectivity index (χ4n) is 8.25. The maximum atomic E-state index is 14.3. The summed E-state index contributed by atoms with van der Waals surface area (Å²) in [5.41, 5.74) is 1.39. The Morgan fingerprint density at radius 3 is 2.30 bits per heavy atom. The molecule has 4 fully saturated rings. The number of carbonyl (C=O) groups excluding carboxylic acids is 3. The standard InChI is InChI=1S/C36H44N4O6/c1-36(19-27-20-37-30-10-6-5-9-29(27)30,40-35(45)46-33-25-14-23-13-24(16-25)17-26(33)15-23)34(44)39-28(18-22-7-3-2-4-8-22)21-38-31(41)11-12-32(42)43/h2-10,20,23-26,28,33,37H,11-19,21H2,1H3,(H,38,41)(H,39,44)(H,40,45)(H,42,43)/t23?,24?,25?,26?,28-,33?,36-/m1/s1. The molecule has 46 heavy (non-hydrogen) atoms. The molecule has 0 spiro atoms. The second-order valence-corrected chi connectivity index (χ2v) is 13.9. The second-order valence-electron chi connectivity index (χ2n) is 13.9. The lowest BCUT2D eigenvalue weighted by molar-refractivity contribution is -0.138. The van der Waals surface area contributed by atoms with Crippen LogP contribution in [-0.2, 0) is 32.0 Å². The zero-order valence-electron chi connectivity index (χ0n) is 26.3. The van der Waals surface area contributed by atoms with E-state index in [-0.39, 0.29) is 31.9 Å². The van der Waals surface area contributed by atoms with Crippen molar-refractivity contribution in [2.45, 2.75) is 82.4 Å². The lowest BCUT2D eigenvalue weighted by atomic mass is 9.55. The molecule has 0 unspecified atom stereocenters. The third-order valence-corrected chi connectivity index (χ3v) is 10.3. The molecule has 1 aromatic heterocycles. The SMILES string of the molecule is C[C@](Cc1c[nH]c2ccccc12)(NC(=O)OC1C2CC3CC(C2)CC1C3)C(=O)N[C@@H](CNC(=O)CCC(=O)O)Cc1ccccc1. The van der Waals surface area contributed by atoms with E-state index in [0.29, 0.717) is 18.3 Å². The number of carboxylic acids is 1. The molecule has 2 atom stereocenters. The maximum absolute atomic E-state index is 14.3. The van der Waals surface area contributed by atoms with Crippen molar-refractivity contribution in [1.82, 2.24) is 20.9 Å². The van der Waals surface area contributed by atoms with Crippen LogP contribution in [0.25, 0.3) is 10.9 Å². The molecule has 5 N–H and O–H groups in total. The molecule has 4 aliphatic carbocycles. The average Bonchev–Trinajstić information content (AvgIpc) is 3.43. The van der Waals surface area contributed by atoms with Crippen LogP contribution in [0.5, 0.6) is 0 Å². The zero-order valence-corrected chi connectivity index (χ0v) is 26.3. The number of hydrogen-bond acceptors (Lipinski definition) is 5. The number of rotatable bonds is 13. The first-order chi connectivity index (χ1) is 22.1. The van der Waals surface area contributed by atoms with Gasteiger partial charge in [-0.1, -0.05) is 48.5 Å². The third-order valence-electron chi connectivity index (χ3n) is 10.3. The molecule has 3 aromatic rings. The van der Waals surface area contributed by atoms with E-state index in [2.05, 4.69) is 20.9 Å². The third kappa shape index (κ3) is 7.37. The van der Waals surface area contributed by atoms with Gasteiger partial charge >= 0.3 is 12.1 Å². The molecule has 0 saturated heterocycles. The molecule has 10 nitrogen and oxygen atoms in total. The topological polar surface area (TPSA) is 150 Å². The highest BCUT2D eigenvalue weighted by atomic mass is 16.6. The van der Waals surface area contributed by atoms with Crippen molar-refractivity contribution < 1.29 is 29.0 Å². The molecule has 0 radical (unpaired) electrons. The Hall–Kier alpha value is -4.34. The van der Waals surface area contributed by atoms with Gasteiger partial charge in [-0.25, -0.2) is 4.79 Å². The Labute approximate surface area is 269 Å². The van der Waals surface area contributed by atoms with Crippen LogP contribution in [0.2, 0.25) is 0 Å². The molecule has 2 aromatic carbocycles. The van der Waals surface area contributed by atoms with Crippen LogP contribution in [0, 0.1) is 23.7 Å². The molecule has 7 rings (SSSR count). The maximum Gasteiger partial charge on any atom is 0.408 e. The van der Waals surface area contributed by atoms with E-state index in [1.807, 2.05) is 60.8 Å². The van der Waals surface area contributed by atoms with E-state index >= 15 is 0 Å². The van der Waals surface area contributed by atoms with Gasteiger partial charge in [-0.3, -0.25) is 14.4 Å². The molecule has 0 aliphatic heterocycles. The lowest BCUT2D eigenvalue weighted by Gasteiger charge is -2.53. The summed E-state index contributed by atoms with van der Waals surface area (Å²) in [7, 11) is 0. The number of carboxylic acid groups (broad SMARTS) is 1. The average molecular weight is 629 g/mol. The van der Waals surface area contributed by atoms with Crippen LogP contribution >= 0.6 is 0 Å². The van der Waals surface area contributed by atoms with Gasteiger partial charge in [0.05, 0.1) is 12.5 Å². The molecule has 3 amide bonds. The van der Waals surface area contributed by atoms with Gasteiger partial charge in [0.1, 0.15) is 11.6 Å². The summed E-state index contributed by atoms with van der Waals surface area (Å²) < 4.78 is 6.16. The largest absolute Gasteiger partial charge is 0.481 e. The van der Waals surface area contributed by atoms with E-state index in [1.54, 1.807) is 6.92 Å². The Kier molecular flexibility index (Phi) is 9.33. The highest BCUT2D eigenvalue weighted by molar-refractivity contribution is 5.92. The van der Waals surface area contributed by atoms with Crippen LogP contribution in [0.4, 0.5) is 4.79 Å². The number of H-pyrrole nitrogens is 1. The molecule has 10 heteroatoms. The van der Waals surface area contributed by atoms with Gasteiger partial charge in [0, 0.05) is 36.5 Å². The van der Waals surface area contributed by atoms with Crippen molar-refractivity contribution in [3.05, 3.63) is 71.9 Å². The zero-order chi connectivity index (χ0) is 32.3. The van der Waals surface area contributed by atoms with Gasteiger partial charge in [-0.2, -0.15) is 0 Å². The first-order valence-corrected chi connectivity index (χ1v) is 16.5. The van der Waals surface area contributed by atoms with Crippen molar-refractivity contribution in [3.8, 4) is 0 Å². The van der Waals surface area contributed by atoms with Gasteiger partial charge in [-0.05, 0) is 86.3 Å². The van der Waals surface area contributed by atoms with E-state index in [4.69, 9.17) is 9.84 Å². The second kappa shape index (κ2) is 13.6. The number of hydrogen-bond donors (Lipinski definition) is 5. The van der Waals surface area contributed by atoms with Crippen molar-refractivity contribution in [2.75, 3.05) is 6.54 Å². The number of amides is 3. The quantitative estimate of drug-likeness (QED) is 0.185. The number of fused-ring (bicyclic) bond motifs is 1. The molecular formula is C36H44N4O6. The Morgan fingerprint density at radius 2 is 1.61 bits per heavy atom. The number of aromatic amines is 1. The van der Waals surface area contributed by atoms with Crippen molar-refractivity contribution in [3.63, 3.8) is 0 Å². The summed E-state index contributed by atoms with van der Waals surface area (Å²) in [6, 6.07) is 16.9. The number of aliphatic carboxylic acids is 1. The minimum absolute atomic E-state index is 0.0977. The molecule has 4 bridgehead atoms. The fraction of sp³-hybridized carbons (Fsp3) is 0.500. The van der Waals surface area contributed by atoms with Crippen LogP contribution in [0.3, 0.4) is 0 Å². The van der Waals surface area contributed by atoms with Crippen LogP contribution in [0.1, 0.15) is 63.0 Å². The van der Waals surface area contributed by atoms with Gasteiger partial charge in [0.2, 0.25) is 11.8 Å². The van der Waals surface area contributed by atoms with Gasteiger partial charge in [-0.15, -0.1) is 0 Å². The summed E-state index contributed by atoms with van der Waals surface area (Å²) in [5.74, 6) is 0.397. The normalized spacial score (nSPS) is 24.9. The predicted molar refractivity (Wildman–Crippen MR) is 173 cm³/mol. The van der Waals surface area contributed by atoms with Gasteiger partial charge in [0.25, 0.3) is 0 Å². The first-order valence-electron chi connectivity index (χ1n) is 16.5. The number of aromatic nitrogens is 1. The molecular weight excluding hydrogens is 584 g/mol. The first kappa shape index (κ1) is 31.6. The number of ether oxygens (including phenoxy) is 1. The summed E-state index contributed by atoms with van der Waals surface area (Å²) in [6.45, 7) is 1.81. The fourth-order valence-corrected chi connectivity index (χ4v) is 8.25. The summed E-state index contributed by atoms with van der Waals surface area (Å²) in [5, 5.41) is 18.8. The minimum Gasteiger partial charge on any atom is -0.481 e. The number of nitrogens with one attached hydrogen (secondary N) is 4. The van der Waals surface area contributed by atoms with E-state index < -0.39 is 35.5 Å². The van der Waals surface area contributed by atoms with Crippen LogP contribution < -0.4 is 16.0 Å². The summed E-state index contributed by atoms with van der Waals surface area (Å²) in [6.07, 6.45) is 7.10. The summed E-state index contributed by atoms with van der Waals surface area (Å²) >= 11 is 0. The van der Waals surface area contributed by atoms with E-state index in [1.165, 1.54) is 6.42 Å². The monoisotopic (exact) mass is 628 g/mol. The highest BCUT2D eigenvalue weighted by Crippen LogP contribution is 2.54. The number of para-hydroxylation sites is 1. The van der Waals surface area contributed by atoms with Crippen molar-refractivity contribution in [1.29, 1.82) is 0 Å². The summed E-state index contributed by atoms with van der Waals surface area (Å²) in [4.78, 5) is 54.5. The Morgan fingerprint density at radius 1 is 0.935 bits per heavy atom. The lowest BCUT2D eigenvalue weighted by Crippen LogP contribution is -2.62. The number of benzene rings is 2. The molecule has 4 aliphatic rings. The van der Waals surface area contributed by atoms with E-state index in [0.717, 1.165) is 59.5 Å². The smallest absolute Gasteiger partial charge is 0.408 e. The highest BCUT2D eigenvalue weighted by Gasteiger charge is 2.50. The number of carbonyl (C=O) groups is 4. The Bertz CT molecular complexity index is 1540. The minimum atomic E-state index is -1.38. The van der Waals surface area contributed by atoms with Crippen molar-refractivity contribution in [2.24, 2.45) is 23.7 Å².